The maximum atomic E-state index is 11.6. The van der Waals surface area contributed by atoms with Gasteiger partial charge in [-0.15, -0.1) is 0 Å². The lowest BCUT2D eigenvalue weighted by atomic mass is 10.3. The summed E-state index contributed by atoms with van der Waals surface area (Å²) in [5.41, 5.74) is 0.525. The number of hydrogen-bond acceptors (Lipinski definition) is 3. The van der Waals surface area contributed by atoms with Crippen LogP contribution < -0.4 is 10.6 Å². The lowest BCUT2D eigenvalue weighted by Gasteiger charge is -2.13. The largest absolute Gasteiger partial charge is 0.432 e. The molecular formula is C11H7Cl3N2O3. The van der Waals surface area contributed by atoms with E-state index in [4.69, 9.17) is 39.5 Å². The van der Waals surface area contributed by atoms with Crippen LogP contribution in [0.15, 0.2) is 34.3 Å². The van der Waals surface area contributed by atoms with Crippen molar-refractivity contribution in [3.05, 3.63) is 39.4 Å². The van der Waals surface area contributed by atoms with Gasteiger partial charge in [-0.3, -0.25) is 5.32 Å². The SMILES string of the molecule is O=C(Nc1ccc(Cl)cc1)N[C@H]1OC(=O)C(Cl)=C1Cl. The molecule has 0 unspecified atom stereocenters. The Bertz CT molecular complexity index is 557. The quantitative estimate of drug-likeness (QED) is 0.823. The summed E-state index contributed by atoms with van der Waals surface area (Å²) in [5, 5.41) is 5.13. The Balaban J connectivity index is 1.96. The fraction of sp³-hybridized carbons (Fsp3) is 0.0909. The molecule has 1 aliphatic rings. The molecule has 0 saturated heterocycles. The van der Waals surface area contributed by atoms with Gasteiger partial charge in [0, 0.05) is 10.7 Å². The van der Waals surface area contributed by atoms with E-state index in [2.05, 4.69) is 10.6 Å². The van der Waals surface area contributed by atoms with E-state index in [9.17, 15) is 9.59 Å². The van der Waals surface area contributed by atoms with Gasteiger partial charge in [0.25, 0.3) is 0 Å². The number of benzene rings is 1. The number of ether oxygens (including phenoxy) is 1. The predicted octanol–water partition coefficient (Wildman–Crippen LogP) is 3.03. The first-order valence-corrected chi connectivity index (χ1v) is 6.20. The number of nitrogens with one attached hydrogen (secondary N) is 2. The summed E-state index contributed by atoms with van der Waals surface area (Å²) >= 11 is 17.0. The lowest BCUT2D eigenvalue weighted by molar-refractivity contribution is -0.139. The number of anilines is 1. The van der Waals surface area contributed by atoms with Crippen LogP contribution >= 0.6 is 34.8 Å². The van der Waals surface area contributed by atoms with Crippen LogP contribution in [-0.4, -0.2) is 18.2 Å². The third-order valence-electron chi connectivity index (χ3n) is 2.21. The molecule has 0 saturated carbocycles. The molecule has 0 fully saturated rings. The van der Waals surface area contributed by atoms with E-state index in [0.717, 1.165) is 0 Å². The smallest absolute Gasteiger partial charge is 0.353 e. The highest BCUT2D eigenvalue weighted by Crippen LogP contribution is 2.27. The number of cyclic esters (lactones) is 1. The van der Waals surface area contributed by atoms with E-state index >= 15 is 0 Å². The second-order valence-electron chi connectivity index (χ2n) is 3.55. The molecule has 1 atom stereocenters. The highest BCUT2D eigenvalue weighted by Gasteiger charge is 2.33. The van der Waals surface area contributed by atoms with Crippen molar-refractivity contribution in [2.45, 2.75) is 6.23 Å². The summed E-state index contributed by atoms with van der Waals surface area (Å²) in [6.45, 7) is 0. The van der Waals surface area contributed by atoms with E-state index in [0.29, 0.717) is 10.7 Å². The van der Waals surface area contributed by atoms with Crippen LogP contribution in [0.1, 0.15) is 0 Å². The van der Waals surface area contributed by atoms with Crippen molar-refractivity contribution in [3.63, 3.8) is 0 Å². The standard InChI is InChI=1S/C11H7Cl3N2O3/c12-5-1-3-6(4-2-5)15-11(18)16-9-7(13)8(14)10(17)19-9/h1-4,9H,(H2,15,16,18)/t9-/m0/s1. The summed E-state index contributed by atoms with van der Waals surface area (Å²) in [5.74, 6) is -0.775. The Morgan fingerprint density at radius 3 is 2.32 bits per heavy atom. The fourth-order valence-corrected chi connectivity index (χ4v) is 1.78. The molecule has 1 heterocycles. The molecule has 0 spiro atoms. The molecule has 0 radical (unpaired) electrons. The first kappa shape index (κ1) is 14.0. The molecule has 1 aromatic rings. The van der Waals surface area contributed by atoms with Crippen molar-refractivity contribution >= 4 is 52.5 Å². The van der Waals surface area contributed by atoms with Gasteiger partial charge < -0.3 is 10.1 Å². The number of hydrogen-bond donors (Lipinski definition) is 2. The van der Waals surface area contributed by atoms with Gasteiger partial charge in [0.1, 0.15) is 10.1 Å². The zero-order valence-corrected chi connectivity index (χ0v) is 11.5. The van der Waals surface area contributed by atoms with Gasteiger partial charge in [-0.05, 0) is 24.3 Å². The molecule has 0 aliphatic carbocycles. The lowest BCUT2D eigenvalue weighted by Crippen LogP contribution is -2.38. The van der Waals surface area contributed by atoms with Crippen LogP contribution in [0, 0.1) is 0 Å². The average Bonchev–Trinajstić information content (AvgIpc) is 2.60. The number of rotatable bonds is 2. The maximum Gasteiger partial charge on any atom is 0.353 e. The molecule has 8 heteroatoms. The zero-order valence-electron chi connectivity index (χ0n) is 9.25. The minimum atomic E-state index is -1.08. The van der Waals surface area contributed by atoms with Crippen LogP contribution in [0.5, 0.6) is 0 Å². The van der Waals surface area contributed by atoms with Crippen molar-refractivity contribution in [1.29, 1.82) is 0 Å². The van der Waals surface area contributed by atoms with Gasteiger partial charge in [0.15, 0.2) is 0 Å². The number of esters is 1. The van der Waals surface area contributed by atoms with Crippen molar-refractivity contribution in [3.8, 4) is 0 Å². The highest BCUT2D eigenvalue weighted by atomic mass is 35.5. The van der Waals surface area contributed by atoms with E-state index in [1.165, 1.54) is 0 Å². The number of urea groups is 1. The third-order valence-corrected chi connectivity index (χ3v) is 3.30. The van der Waals surface area contributed by atoms with Crippen LogP contribution in [0.4, 0.5) is 10.5 Å². The fourth-order valence-electron chi connectivity index (χ4n) is 1.34. The average molecular weight is 322 g/mol. The number of amides is 2. The van der Waals surface area contributed by atoms with Crippen molar-refractivity contribution < 1.29 is 14.3 Å². The summed E-state index contributed by atoms with van der Waals surface area (Å²) in [6.07, 6.45) is -1.08. The Labute approximate surface area is 123 Å². The van der Waals surface area contributed by atoms with Crippen molar-refractivity contribution in [2.75, 3.05) is 5.32 Å². The molecule has 2 N–H and O–H groups in total. The number of halogens is 3. The molecule has 1 aromatic carbocycles. The zero-order chi connectivity index (χ0) is 14.0. The molecule has 2 amide bonds. The minimum Gasteiger partial charge on any atom is -0.432 e. The molecule has 19 heavy (non-hydrogen) atoms. The van der Waals surface area contributed by atoms with Gasteiger partial charge in [0.2, 0.25) is 6.23 Å². The molecule has 0 aromatic heterocycles. The number of carbonyl (C=O) groups is 2. The molecule has 5 nitrogen and oxygen atoms in total. The highest BCUT2D eigenvalue weighted by molar-refractivity contribution is 6.48. The first-order valence-electron chi connectivity index (χ1n) is 5.06. The third kappa shape index (κ3) is 3.32. The summed E-state index contributed by atoms with van der Waals surface area (Å²) < 4.78 is 4.74. The summed E-state index contributed by atoms with van der Waals surface area (Å²) in [7, 11) is 0. The predicted molar refractivity (Wildman–Crippen MR) is 72.2 cm³/mol. The minimum absolute atomic E-state index is 0.0575. The molecule has 100 valence electrons. The monoisotopic (exact) mass is 320 g/mol. The van der Waals surface area contributed by atoms with Gasteiger partial charge in [-0.1, -0.05) is 34.8 Å². The molecule has 2 rings (SSSR count). The normalized spacial score (nSPS) is 18.3. The second kappa shape index (κ2) is 5.69. The van der Waals surface area contributed by atoms with Gasteiger partial charge in [-0.25, -0.2) is 9.59 Å². The summed E-state index contributed by atoms with van der Waals surface area (Å²) in [4.78, 5) is 22.7. The Morgan fingerprint density at radius 2 is 1.79 bits per heavy atom. The number of carbonyl (C=O) groups excluding carboxylic acids is 2. The Kier molecular flexibility index (Phi) is 4.19. The topological polar surface area (TPSA) is 67.4 Å². The molecule has 1 aliphatic heterocycles. The van der Waals surface area contributed by atoms with E-state index in [-0.39, 0.29) is 10.1 Å². The van der Waals surface area contributed by atoms with Crippen LogP contribution in [-0.2, 0) is 9.53 Å². The van der Waals surface area contributed by atoms with Gasteiger partial charge >= 0.3 is 12.0 Å². The second-order valence-corrected chi connectivity index (χ2v) is 4.77. The van der Waals surface area contributed by atoms with Crippen LogP contribution in [0.3, 0.4) is 0 Å². The molecular weight excluding hydrogens is 314 g/mol. The molecule has 0 bridgehead atoms. The van der Waals surface area contributed by atoms with E-state index in [1.807, 2.05) is 0 Å². The van der Waals surface area contributed by atoms with Gasteiger partial charge in [-0.2, -0.15) is 0 Å². The summed E-state index contributed by atoms with van der Waals surface area (Å²) in [6, 6.07) is 5.89. The first-order chi connectivity index (χ1) is 8.97. The van der Waals surface area contributed by atoms with Gasteiger partial charge in [0.05, 0.1) is 0 Å². The van der Waals surface area contributed by atoms with E-state index < -0.39 is 18.2 Å². The Morgan fingerprint density at radius 1 is 1.16 bits per heavy atom. The van der Waals surface area contributed by atoms with Crippen LogP contribution in [0.25, 0.3) is 0 Å². The van der Waals surface area contributed by atoms with E-state index in [1.54, 1.807) is 24.3 Å². The Hall–Kier alpha value is -1.43. The van der Waals surface area contributed by atoms with Crippen LogP contribution in [0.2, 0.25) is 5.02 Å². The van der Waals surface area contributed by atoms with Crippen molar-refractivity contribution in [2.24, 2.45) is 0 Å². The van der Waals surface area contributed by atoms with Crippen molar-refractivity contribution in [1.82, 2.24) is 5.32 Å². The maximum absolute atomic E-state index is 11.6.